The van der Waals surface area contributed by atoms with E-state index in [4.69, 9.17) is 18.4 Å². The van der Waals surface area contributed by atoms with Crippen molar-refractivity contribution >= 4 is 16.9 Å². The van der Waals surface area contributed by atoms with E-state index in [2.05, 4.69) is 5.16 Å². The van der Waals surface area contributed by atoms with Gasteiger partial charge >= 0.3 is 11.6 Å². The van der Waals surface area contributed by atoms with Crippen molar-refractivity contribution in [2.45, 2.75) is 26.1 Å². The zero-order valence-corrected chi connectivity index (χ0v) is 16.1. The highest BCUT2D eigenvalue weighted by molar-refractivity contribution is 5.92. The Bertz CT molecular complexity index is 1320. The Morgan fingerprint density at radius 1 is 1.17 bits per heavy atom. The van der Waals surface area contributed by atoms with Crippen LogP contribution in [0, 0.1) is 0 Å². The van der Waals surface area contributed by atoms with Crippen molar-refractivity contribution in [3.8, 4) is 17.1 Å². The van der Waals surface area contributed by atoms with Crippen LogP contribution in [-0.4, -0.2) is 17.2 Å². The van der Waals surface area contributed by atoms with Gasteiger partial charge < -0.3 is 18.4 Å². The Kier molecular flexibility index (Phi) is 4.35. The summed E-state index contributed by atoms with van der Waals surface area (Å²) in [6.45, 7) is 1.90. The van der Waals surface area contributed by atoms with Crippen LogP contribution >= 0.6 is 0 Å². The summed E-state index contributed by atoms with van der Waals surface area (Å²) in [6, 6.07) is 15.9. The number of ether oxygens (including phenoxy) is 2. The molecule has 1 aliphatic rings. The molecule has 5 rings (SSSR count). The molecule has 1 aliphatic heterocycles. The molecule has 150 valence electrons. The largest absolute Gasteiger partial charge is 0.490 e. The average molecular weight is 403 g/mol. The molecule has 0 saturated carbocycles. The lowest BCUT2D eigenvalue weighted by Crippen LogP contribution is -2.16. The zero-order chi connectivity index (χ0) is 20.7. The maximum absolute atomic E-state index is 12.4. The third kappa shape index (κ3) is 3.34. The van der Waals surface area contributed by atoms with Crippen LogP contribution in [0.25, 0.3) is 22.3 Å². The molecule has 7 heteroatoms. The van der Waals surface area contributed by atoms with Crippen molar-refractivity contribution in [3.63, 3.8) is 0 Å². The second-order valence-corrected chi connectivity index (χ2v) is 7.20. The van der Waals surface area contributed by atoms with Crippen LogP contribution in [0.2, 0.25) is 0 Å². The molecule has 3 heterocycles. The highest BCUT2D eigenvalue weighted by atomic mass is 16.5. The first kappa shape index (κ1) is 18.2. The molecule has 1 unspecified atom stereocenters. The molecular weight excluding hydrogens is 386 g/mol. The van der Waals surface area contributed by atoms with Crippen LogP contribution in [0.15, 0.2) is 68.3 Å². The minimum Gasteiger partial charge on any atom is -0.490 e. The van der Waals surface area contributed by atoms with Gasteiger partial charge in [-0.1, -0.05) is 23.4 Å². The van der Waals surface area contributed by atoms with Gasteiger partial charge in [-0.05, 0) is 42.8 Å². The monoisotopic (exact) mass is 403 g/mol. The number of esters is 1. The van der Waals surface area contributed by atoms with E-state index in [9.17, 15) is 9.59 Å². The Morgan fingerprint density at radius 3 is 2.93 bits per heavy atom. The number of carbonyl (C=O) groups is 1. The molecular formula is C23H17NO6. The van der Waals surface area contributed by atoms with Crippen molar-refractivity contribution < 1.29 is 23.2 Å². The van der Waals surface area contributed by atoms with Gasteiger partial charge in [-0.15, -0.1) is 0 Å². The second-order valence-electron chi connectivity index (χ2n) is 7.20. The van der Waals surface area contributed by atoms with E-state index < -0.39 is 11.6 Å². The zero-order valence-electron chi connectivity index (χ0n) is 16.1. The Balaban J connectivity index is 1.31. The summed E-state index contributed by atoms with van der Waals surface area (Å²) in [5.74, 6) is 0.672. The number of nitrogens with zero attached hydrogens (tertiary/aromatic N) is 1. The first-order valence-electron chi connectivity index (χ1n) is 9.52. The number of rotatable bonds is 4. The Morgan fingerprint density at radius 2 is 2.03 bits per heavy atom. The number of hydrogen-bond acceptors (Lipinski definition) is 7. The predicted octanol–water partition coefficient (Wildman–Crippen LogP) is 4.13. The molecule has 0 saturated heterocycles. The van der Waals surface area contributed by atoms with Gasteiger partial charge in [-0.25, -0.2) is 9.59 Å². The summed E-state index contributed by atoms with van der Waals surface area (Å²) in [6.07, 6.45) is 1.00. The molecule has 30 heavy (non-hydrogen) atoms. The third-order valence-electron chi connectivity index (χ3n) is 4.95. The van der Waals surface area contributed by atoms with Gasteiger partial charge in [0.05, 0.1) is 0 Å². The van der Waals surface area contributed by atoms with Crippen LogP contribution in [0.3, 0.4) is 0 Å². The molecule has 0 fully saturated rings. The predicted molar refractivity (Wildman–Crippen MR) is 107 cm³/mol. The van der Waals surface area contributed by atoms with E-state index in [0.29, 0.717) is 22.4 Å². The summed E-state index contributed by atoms with van der Waals surface area (Å²) < 4.78 is 21.5. The number of carbonyl (C=O) groups excluding carboxylic acids is 1. The molecule has 2 aromatic carbocycles. The standard InChI is InChI=1S/C23H17NO6/c1-13-8-16-9-15(6-7-20(16)28-13)21-11-17(24-30-21)12-27-22(25)18-10-14-4-2-3-5-19(14)29-23(18)26/h2-7,9-11,13H,8,12H2,1H3. The Hall–Kier alpha value is -3.87. The highest BCUT2D eigenvalue weighted by Gasteiger charge is 2.21. The van der Waals surface area contributed by atoms with Crippen LogP contribution in [0.1, 0.15) is 28.5 Å². The highest BCUT2D eigenvalue weighted by Crippen LogP contribution is 2.33. The number of hydrogen-bond donors (Lipinski definition) is 0. The van der Waals surface area contributed by atoms with Gasteiger partial charge in [0.1, 0.15) is 35.3 Å². The molecule has 7 nitrogen and oxygen atoms in total. The van der Waals surface area contributed by atoms with Crippen molar-refractivity contribution in [2.24, 2.45) is 0 Å². The summed E-state index contributed by atoms with van der Waals surface area (Å²) in [4.78, 5) is 24.4. The van der Waals surface area contributed by atoms with Gasteiger partial charge in [0, 0.05) is 23.4 Å². The van der Waals surface area contributed by atoms with E-state index in [1.807, 2.05) is 25.1 Å². The van der Waals surface area contributed by atoms with Gasteiger partial charge in [0.25, 0.3) is 0 Å². The lowest BCUT2D eigenvalue weighted by molar-refractivity contribution is 0.0459. The fourth-order valence-electron chi connectivity index (χ4n) is 3.51. The molecule has 4 aromatic rings. The van der Waals surface area contributed by atoms with E-state index in [-0.39, 0.29) is 18.3 Å². The summed E-state index contributed by atoms with van der Waals surface area (Å²) in [5, 5.41) is 4.60. The molecule has 0 amide bonds. The first-order valence-corrected chi connectivity index (χ1v) is 9.52. The Labute approximate surface area is 170 Å². The van der Waals surface area contributed by atoms with E-state index in [0.717, 1.165) is 23.3 Å². The van der Waals surface area contributed by atoms with Crippen molar-refractivity contribution in [1.29, 1.82) is 0 Å². The fraction of sp³-hybridized carbons (Fsp3) is 0.174. The molecule has 0 N–H and O–H groups in total. The number of benzene rings is 2. The minimum absolute atomic E-state index is 0.125. The minimum atomic E-state index is -0.775. The lowest BCUT2D eigenvalue weighted by atomic mass is 10.1. The van der Waals surface area contributed by atoms with Crippen molar-refractivity contribution in [1.82, 2.24) is 5.16 Å². The smallest absolute Gasteiger partial charge is 0.351 e. The average Bonchev–Trinajstić information content (AvgIpc) is 3.36. The SMILES string of the molecule is CC1Cc2cc(-c3cc(COC(=O)c4cc5ccccc5oc4=O)no3)ccc2O1. The normalized spacial score (nSPS) is 15.0. The van der Waals surface area contributed by atoms with E-state index in [1.54, 1.807) is 30.3 Å². The molecule has 0 aliphatic carbocycles. The third-order valence-corrected chi connectivity index (χ3v) is 4.95. The second kappa shape index (κ2) is 7.18. The molecule has 0 radical (unpaired) electrons. The first-order chi connectivity index (χ1) is 14.6. The van der Waals surface area contributed by atoms with Crippen LogP contribution < -0.4 is 10.4 Å². The molecule has 0 bridgehead atoms. The van der Waals surface area contributed by atoms with Crippen molar-refractivity contribution in [2.75, 3.05) is 0 Å². The van der Waals surface area contributed by atoms with E-state index >= 15 is 0 Å². The fourth-order valence-corrected chi connectivity index (χ4v) is 3.51. The molecule has 1 atom stereocenters. The number of para-hydroxylation sites is 1. The van der Waals surface area contributed by atoms with Gasteiger partial charge in [-0.2, -0.15) is 0 Å². The van der Waals surface area contributed by atoms with Crippen LogP contribution in [-0.2, 0) is 17.8 Å². The molecule has 0 spiro atoms. The van der Waals surface area contributed by atoms with Crippen molar-refractivity contribution in [3.05, 3.63) is 81.8 Å². The van der Waals surface area contributed by atoms with Gasteiger partial charge in [0.2, 0.25) is 0 Å². The topological polar surface area (TPSA) is 91.8 Å². The quantitative estimate of drug-likeness (QED) is 0.374. The van der Waals surface area contributed by atoms with E-state index in [1.165, 1.54) is 6.07 Å². The van der Waals surface area contributed by atoms with Crippen LogP contribution in [0.5, 0.6) is 5.75 Å². The van der Waals surface area contributed by atoms with Crippen LogP contribution in [0.4, 0.5) is 0 Å². The number of fused-ring (bicyclic) bond motifs is 2. The maximum atomic E-state index is 12.4. The van der Waals surface area contributed by atoms with Gasteiger partial charge in [-0.3, -0.25) is 0 Å². The number of aromatic nitrogens is 1. The lowest BCUT2D eigenvalue weighted by Gasteiger charge is -2.03. The summed E-state index contributed by atoms with van der Waals surface area (Å²) >= 11 is 0. The summed E-state index contributed by atoms with van der Waals surface area (Å²) in [7, 11) is 0. The maximum Gasteiger partial charge on any atom is 0.351 e. The van der Waals surface area contributed by atoms with Gasteiger partial charge in [0.15, 0.2) is 5.76 Å². The molecule has 2 aromatic heterocycles. The summed E-state index contributed by atoms with van der Waals surface area (Å²) in [5.41, 5.74) is 1.93.